The second-order valence-corrected chi connectivity index (χ2v) is 17.3. The van der Waals surface area contributed by atoms with E-state index in [0.717, 1.165) is 32.8 Å². The Labute approximate surface area is 388 Å². The van der Waals surface area contributed by atoms with Crippen LogP contribution in [0.4, 0.5) is 0 Å². The van der Waals surface area contributed by atoms with Crippen molar-refractivity contribution >= 4 is 43.5 Å². The molecule has 0 fully saturated rings. The van der Waals surface area contributed by atoms with Crippen LogP contribution in [0.5, 0.6) is 0 Å². The van der Waals surface area contributed by atoms with E-state index < -0.39 is 31.4 Å². The molecule has 0 aliphatic heterocycles. The molecule has 3 heterocycles. The van der Waals surface area contributed by atoms with Crippen LogP contribution in [-0.4, -0.2) is 9.97 Å². The summed E-state index contributed by atoms with van der Waals surface area (Å²) in [6.07, 6.45) is 3.25. The van der Waals surface area contributed by atoms with Gasteiger partial charge in [0.15, 0.2) is 0 Å². The third kappa shape index (κ3) is 8.59. The first-order valence-electron chi connectivity index (χ1n) is 24.9. The number of aromatic nitrogens is 2. The fraction of sp³-hybridized carbons (Fsp3) is 0.263. The zero-order chi connectivity index (χ0) is 50.2. The summed E-state index contributed by atoms with van der Waals surface area (Å²) in [5, 5.41) is 4.98. The van der Waals surface area contributed by atoms with Crippen LogP contribution in [0.3, 0.4) is 0 Å². The maximum absolute atomic E-state index is 9.22. The number of hydrogen-bond acceptors (Lipinski definition) is 3. The molecular weight excluding hydrogens is 921 g/mol. The molecule has 9 rings (SSSR count). The molecule has 1 radical (unpaired) electrons. The van der Waals surface area contributed by atoms with Gasteiger partial charge in [-0.3, -0.25) is 0 Å². The van der Waals surface area contributed by atoms with Crippen molar-refractivity contribution in [2.24, 2.45) is 0 Å². The first-order chi connectivity index (χ1) is 32.0. The summed E-state index contributed by atoms with van der Waals surface area (Å²) in [7, 11) is 0. The monoisotopic (exact) mass is 986 g/mol. The van der Waals surface area contributed by atoms with E-state index in [1.165, 1.54) is 17.8 Å². The predicted octanol–water partition coefficient (Wildman–Crippen LogP) is 16.3. The maximum Gasteiger partial charge on any atom is 0.121 e. The molecule has 0 bridgehead atoms. The van der Waals surface area contributed by atoms with E-state index in [-0.39, 0.29) is 53.5 Å². The van der Waals surface area contributed by atoms with Crippen molar-refractivity contribution in [3.05, 3.63) is 167 Å². The van der Waals surface area contributed by atoms with E-state index in [1.807, 2.05) is 79.0 Å². The Bertz CT molecular complexity index is 3350. The van der Waals surface area contributed by atoms with Gasteiger partial charge in [-0.2, -0.15) is 0 Å². The van der Waals surface area contributed by atoms with E-state index in [2.05, 4.69) is 55.0 Å². The van der Waals surface area contributed by atoms with Crippen LogP contribution in [0.15, 0.2) is 126 Å². The Morgan fingerprint density at radius 1 is 0.656 bits per heavy atom. The van der Waals surface area contributed by atoms with Crippen LogP contribution in [0.25, 0.3) is 77.1 Å². The summed E-state index contributed by atoms with van der Waals surface area (Å²) in [5.41, 5.74) is 7.06. The molecule has 6 aromatic carbocycles. The molecule has 0 amide bonds. The average molecular weight is 986 g/mol. The van der Waals surface area contributed by atoms with Gasteiger partial charge in [0.1, 0.15) is 5.58 Å². The van der Waals surface area contributed by atoms with Crippen LogP contribution >= 0.6 is 0 Å². The van der Waals surface area contributed by atoms with E-state index in [9.17, 15) is 2.74 Å². The van der Waals surface area contributed by atoms with E-state index in [0.29, 0.717) is 44.2 Å². The number of furan rings is 1. The fourth-order valence-electron chi connectivity index (χ4n) is 7.87. The number of hydrogen-bond donors (Lipinski definition) is 0. The van der Waals surface area contributed by atoms with Gasteiger partial charge < -0.3 is 14.4 Å². The van der Waals surface area contributed by atoms with Crippen molar-refractivity contribution in [1.82, 2.24) is 9.97 Å². The summed E-state index contributed by atoms with van der Waals surface area (Å²) in [6, 6.07) is 41.0. The predicted molar refractivity (Wildman–Crippen MR) is 255 cm³/mol. The van der Waals surface area contributed by atoms with E-state index in [1.54, 1.807) is 59.7 Å². The van der Waals surface area contributed by atoms with Crippen molar-refractivity contribution in [3.63, 3.8) is 0 Å². The van der Waals surface area contributed by atoms with Crippen molar-refractivity contribution in [2.75, 3.05) is 0 Å². The minimum absolute atomic E-state index is 0. The van der Waals surface area contributed by atoms with Gasteiger partial charge in [-0.25, -0.2) is 0 Å². The number of benzene rings is 6. The zero-order valence-corrected chi connectivity index (χ0v) is 38.6. The number of aryl methyl sites for hydroxylation is 2. The summed E-state index contributed by atoms with van der Waals surface area (Å²) >= 11 is 0. The smallest absolute Gasteiger partial charge is 0.121 e. The van der Waals surface area contributed by atoms with Crippen molar-refractivity contribution < 1.29 is 36.9 Å². The van der Waals surface area contributed by atoms with Crippen molar-refractivity contribution in [3.8, 4) is 33.6 Å². The summed E-state index contributed by atoms with van der Waals surface area (Å²) < 4.78 is 84.8. The van der Waals surface area contributed by atoms with Crippen LogP contribution in [0.1, 0.15) is 126 Å². The maximum atomic E-state index is 9.22. The molecule has 4 heteroatoms. The third-order valence-electron chi connectivity index (χ3n) is 11.2. The third-order valence-corrected chi connectivity index (χ3v) is 11.2. The summed E-state index contributed by atoms with van der Waals surface area (Å²) in [6.45, 7) is 11.8. The van der Waals surface area contributed by atoms with Gasteiger partial charge in [-0.1, -0.05) is 147 Å². The molecule has 9 aromatic rings. The molecule has 61 heavy (non-hydrogen) atoms. The molecule has 0 aliphatic carbocycles. The molecule has 0 saturated carbocycles. The first kappa shape index (κ1) is 33.2. The van der Waals surface area contributed by atoms with Gasteiger partial charge in [0.05, 0.1) is 5.58 Å². The molecule has 3 nitrogen and oxygen atoms in total. The summed E-state index contributed by atoms with van der Waals surface area (Å²) in [4.78, 5) is 9.12. The molecule has 0 unspecified atom stereocenters. The van der Waals surface area contributed by atoms with Crippen molar-refractivity contribution in [1.29, 1.82) is 0 Å². The number of fused-ring (bicyclic) bond motifs is 6. The van der Waals surface area contributed by atoms with E-state index >= 15 is 0 Å². The van der Waals surface area contributed by atoms with Crippen LogP contribution < -0.4 is 0 Å². The first-order valence-corrected chi connectivity index (χ1v) is 20.4. The Hall–Kier alpha value is -5.41. The van der Waals surface area contributed by atoms with Gasteiger partial charge in [0.25, 0.3) is 0 Å². The minimum atomic E-state index is -2.62. The zero-order valence-electron chi connectivity index (χ0n) is 45.2. The van der Waals surface area contributed by atoms with Gasteiger partial charge in [-0.15, -0.1) is 53.6 Å². The number of pyridine rings is 2. The molecular formula is C57H56IrN2O-2. The molecule has 0 saturated heterocycles. The summed E-state index contributed by atoms with van der Waals surface area (Å²) in [5.74, 6) is -3.56. The number of nitrogens with zero attached hydrogens (tertiary/aromatic N) is 2. The molecule has 0 aliphatic rings. The number of rotatable bonds is 6. The molecule has 0 atom stereocenters. The largest absolute Gasteiger partial charge is 0.501 e. The van der Waals surface area contributed by atoms with Crippen LogP contribution in [0.2, 0.25) is 0 Å². The normalized spacial score (nSPS) is 14.9. The topological polar surface area (TPSA) is 38.9 Å². The Balaban J connectivity index is 0.000000360. The Morgan fingerprint density at radius 2 is 1.36 bits per heavy atom. The molecule has 0 spiro atoms. The van der Waals surface area contributed by atoms with Crippen molar-refractivity contribution in [2.45, 2.75) is 99.1 Å². The molecule has 311 valence electrons. The quantitative estimate of drug-likeness (QED) is 0.123. The minimum Gasteiger partial charge on any atom is -0.501 e. The van der Waals surface area contributed by atoms with Gasteiger partial charge >= 0.3 is 0 Å². The molecule has 0 N–H and O–H groups in total. The Morgan fingerprint density at radius 3 is 2.00 bits per heavy atom. The van der Waals surface area contributed by atoms with Gasteiger partial charge in [-0.05, 0) is 114 Å². The van der Waals surface area contributed by atoms with Gasteiger partial charge in [0, 0.05) is 50.2 Å². The second-order valence-electron chi connectivity index (χ2n) is 17.3. The standard InChI is InChI=1S/C42H40NO.C15H16N.Ir/c1-23(2)30-18-33(24(3)4)41(34(19-30)25(5)6)35-20-38(43-22-27(35)8)32-16-13-26(7)40-37-17-29-15-14-28-11-9-10-12-31(28)36(29)21-39(37)44-42(32)40;1-15(2,3)13-9-10-14(16-11-13)12-7-5-4-6-8-12;/h9-15,17-25H,1-8H3;4-7,9-11H,1-3H3;/q2*-1;/i7D3,8D3,23D,24D,25D;;. The molecule has 3 aromatic heterocycles. The second kappa shape index (κ2) is 17.5. The van der Waals surface area contributed by atoms with Crippen LogP contribution in [0, 0.1) is 25.8 Å². The average Bonchev–Trinajstić information content (AvgIpc) is 3.64. The fourth-order valence-corrected chi connectivity index (χ4v) is 7.87. The SMILES string of the molecule is CC(C)(C)c1ccc(-c2[c-]cccc2)nc1.[2H]C([2H])([2H])c1cnc(-c2[c-]cc(C([2H])([2H])[2H])c3c2oc2cc4c(ccc5ccccc54)cc23)cc1-c1c(C([2H])(C)C)cc(C([2H])(C)C)cc1C([2H])(C)C.[Ir]. The van der Waals surface area contributed by atoms with Gasteiger partial charge in [0.2, 0.25) is 0 Å². The van der Waals surface area contributed by atoms with E-state index in [4.69, 9.17) is 14.0 Å². The Kier molecular flexibility index (Phi) is 9.55. The van der Waals surface area contributed by atoms with Crippen LogP contribution in [-0.2, 0) is 25.5 Å².